The highest BCUT2D eigenvalue weighted by Gasteiger charge is 2.20. The van der Waals surface area contributed by atoms with Crippen molar-refractivity contribution in [3.63, 3.8) is 0 Å². The predicted molar refractivity (Wildman–Crippen MR) is 156 cm³/mol. The van der Waals surface area contributed by atoms with Crippen molar-refractivity contribution in [2.45, 2.75) is 52.1 Å². The van der Waals surface area contributed by atoms with Gasteiger partial charge in [0.1, 0.15) is 12.4 Å². The smallest absolute Gasteiger partial charge is 0.119 e. The zero-order valence-corrected chi connectivity index (χ0v) is 23.2. The summed E-state index contributed by atoms with van der Waals surface area (Å²) in [6.45, 7) is 7.49. The molecule has 3 aromatic carbocycles. The van der Waals surface area contributed by atoms with Crippen LogP contribution >= 0.6 is 22.6 Å². The van der Waals surface area contributed by atoms with E-state index in [0.29, 0.717) is 18.7 Å². The molecule has 0 saturated heterocycles. The first-order valence-electron chi connectivity index (χ1n) is 12.5. The largest absolute Gasteiger partial charge is 0.492 e. The van der Waals surface area contributed by atoms with Gasteiger partial charge in [-0.2, -0.15) is 0 Å². The highest BCUT2D eigenvalue weighted by molar-refractivity contribution is 14.1. The molecular weight excluding hydrogens is 529 g/mol. The molecule has 0 N–H and O–H groups in total. The zero-order chi connectivity index (χ0) is 24.3. The number of alkyl halides is 1. The summed E-state index contributed by atoms with van der Waals surface area (Å²) in [6, 6.07) is 31.1. The number of hydrogen-bond acceptors (Lipinski definition) is 2. The maximum atomic E-state index is 6.27. The Hall–Kier alpha value is -2.11. The second-order valence-corrected chi connectivity index (χ2v) is 9.60. The summed E-state index contributed by atoms with van der Waals surface area (Å²) in [5, 5.41) is 0. The van der Waals surface area contributed by atoms with Crippen molar-refractivity contribution in [2.24, 2.45) is 0 Å². The van der Waals surface area contributed by atoms with Gasteiger partial charge in [0.2, 0.25) is 0 Å². The number of halogens is 1. The number of rotatable bonds is 12. The fraction of sp³-hybridized carbons (Fsp3) is 0.355. The first kappa shape index (κ1) is 26.5. The van der Waals surface area contributed by atoms with Gasteiger partial charge in [0.05, 0.1) is 6.04 Å². The molecule has 0 amide bonds. The van der Waals surface area contributed by atoms with E-state index in [2.05, 4.69) is 140 Å². The number of benzene rings is 3. The number of likely N-dealkylation sites (N-methyl/N-ethyl adjacent to an activating group) is 1. The molecule has 0 radical (unpaired) electrons. The third kappa shape index (κ3) is 6.73. The molecule has 34 heavy (non-hydrogen) atoms. The lowest BCUT2D eigenvalue weighted by Crippen LogP contribution is -2.44. The van der Waals surface area contributed by atoms with Gasteiger partial charge in [0.25, 0.3) is 0 Å². The molecule has 3 heteroatoms. The van der Waals surface area contributed by atoms with E-state index in [4.69, 9.17) is 4.74 Å². The first-order chi connectivity index (χ1) is 16.6. The Labute approximate surface area is 220 Å². The molecule has 2 nitrogen and oxygen atoms in total. The minimum absolute atomic E-state index is 0.412. The van der Waals surface area contributed by atoms with Crippen LogP contribution in [0.5, 0.6) is 5.75 Å². The van der Waals surface area contributed by atoms with Gasteiger partial charge >= 0.3 is 0 Å². The molecular formula is C31H38INO. The number of hydrogen-bond donors (Lipinski definition) is 0. The summed E-state index contributed by atoms with van der Waals surface area (Å²) in [6.07, 6.45) is 3.31. The topological polar surface area (TPSA) is 12.5 Å². The Bertz CT molecular complexity index is 1010. The predicted octanol–water partition coefficient (Wildman–Crippen LogP) is 8.36. The van der Waals surface area contributed by atoms with Crippen molar-refractivity contribution < 1.29 is 4.74 Å². The Morgan fingerprint density at radius 1 is 0.735 bits per heavy atom. The van der Waals surface area contributed by atoms with Crippen LogP contribution in [0, 0.1) is 0 Å². The quantitative estimate of drug-likeness (QED) is 0.124. The van der Waals surface area contributed by atoms with E-state index < -0.39 is 0 Å². The highest BCUT2D eigenvalue weighted by atomic mass is 127. The van der Waals surface area contributed by atoms with Gasteiger partial charge < -0.3 is 4.74 Å². The normalized spacial score (nSPS) is 13.1. The average molecular weight is 568 g/mol. The molecule has 180 valence electrons. The lowest BCUT2D eigenvalue weighted by atomic mass is 9.88. The Morgan fingerprint density at radius 3 is 1.76 bits per heavy atom. The van der Waals surface area contributed by atoms with Crippen molar-refractivity contribution in [3.8, 4) is 5.75 Å². The molecule has 1 atom stereocenters. The minimum atomic E-state index is 0.412. The second-order valence-electron chi connectivity index (χ2n) is 8.72. The van der Waals surface area contributed by atoms with Crippen molar-refractivity contribution in [1.29, 1.82) is 0 Å². The van der Waals surface area contributed by atoms with Crippen LogP contribution in [0.1, 0.15) is 56.7 Å². The molecule has 1 unspecified atom stereocenters. The Kier molecular flexibility index (Phi) is 10.7. The second kappa shape index (κ2) is 13.7. The molecule has 0 aliphatic heterocycles. The molecule has 3 rings (SSSR count). The summed E-state index contributed by atoms with van der Waals surface area (Å²) in [4.78, 5) is 2.49. The molecule has 0 aromatic heterocycles. The van der Waals surface area contributed by atoms with Gasteiger partial charge in [0, 0.05) is 10.5 Å². The monoisotopic (exact) mass is 567 g/mol. The van der Waals surface area contributed by atoms with Crippen molar-refractivity contribution >= 4 is 33.7 Å². The standard InChI is InChI=1S/C31H38INO/c1-5-27(6-2)33(4)28(22-32)23-34-29-20-18-26(19-21-29)31(25-16-12-9-13-17-25)30(7-3)24-14-10-8-11-15-24/h8-21,27-28H,5-7,22-23H2,1-4H3/b31-30-. The maximum Gasteiger partial charge on any atom is 0.119 e. The number of nitrogens with zero attached hydrogens (tertiary/aromatic N) is 1. The van der Waals surface area contributed by atoms with Crippen LogP contribution in [0.15, 0.2) is 84.9 Å². The fourth-order valence-electron chi connectivity index (χ4n) is 4.63. The van der Waals surface area contributed by atoms with Gasteiger partial charge in [0.15, 0.2) is 0 Å². The van der Waals surface area contributed by atoms with E-state index >= 15 is 0 Å². The van der Waals surface area contributed by atoms with Gasteiger partial charge in [-0.15, -0.1) is 0 Å². The number of ether oxygens (including phenoxy) is 1. The summed E-state index contributed by atoms with van der Waals surface area (Å²) >= 11 is 2.48. The molecule has 0 fully saturated rings. The van der Waals surface area contributed by atoms with Crippen LogP contribution in [0.2, 0.25) is 0 Å². The summed E-state index contributed by atoms with van der Waals surface area (Å²) in [7, 11) is 2.24. The third-order valence-electron chi connectivity index (χ3n) is 6.70. The van der Waals surface area contributed by atoms with Gasteiger partial charge in [-0.05, 0) is 66.3 Å². The van der Waals surface area contributed by atoms with Crippen LogP contribution in [-0.4, -0.2) is 35.1 Å². The highest BCUT2D eigenvalue weighted by Crippen LogP contribution is 2.35. The van der Waals surface area contributed by atoms with Gasteiger partial charge in [-0.25, -0.2) is 0 Å². The Morgan fingerprint density at radius 2 is 1.26 bits per heavy atom. The van der Waals surface area contributed by atoms with Gasteiger partial charge in [-0.1, -0.05) is 116 Å². The summed E-state index contributed by atoms with van der Waals surface area (Å²) in [5.74, 6) is 0.932. The third-order valence-corrected chi connectivity index (χ3v) is 7.71. The van der Waals surface area contributed by atoms with Crippen LogP contribution in [0.4, 0.5) is 0 Å². The van der Waals surface area contributed by atoms with E-state index in [-0.39, 0.29) is 0 Å². The maximum absolute atomic E-state index is 6.27. The molecule has 0 spiro atoms. The SMILES string of the molecule is CC/C(=C(\c1ccccc1)c1ccc(OCC(CI)N(C)C(CC)CC)cc1)c1ccccc1. The van der Waals surface area contributed by atoms with E-state index in [9.17, 15) is 0 Å². The average Bonchev–Trinajstić information content (AvgIpc) is 2.90. The lowest BCUT2D eigenvalue weighted by molar-refractivity contribution is 0.129. The Balaban J connectivity index is 1.87. The first-order valence-corrected chi connectivity index (χ1v) is 14.0. The lowest BCUT2D eigenvalue weighted by Gasteiger charge is -2.33. The van der Waals surface area contributed by atoms with E-state index in [1.165, 1.54) is 40.7 Å². The molecule has 0 bridgehead atoms. The van der Waals surface area contributed by atoms with E-state index in [0.717, 1.165) is 16.6 Å². The van der Waals surface area contributed by atoms with Crippen molar-refractivity contribution in [1.82, 2.24) is 4.90 Å². The van der Waals surface area contributed by atoms with Crippen LogP contribution in [0.3, 0.4) is 0 Å². The van der Waals surface area contributed by atoms with Crippen LogP contribution in [-0.2, 0) is 0 Å². The molecule has 3 aromatic rings. The number of allylic oxidation sites excluding steroid dienone is 1. The van der Waals surface area contributed by atoms with E-state index in [1.807, 2.05) is 0 Å². The minimum Gasteiger partial charge on any atom is -0.492 e. The molecule has 0 saturated carbocycles. The fourth-order valence-corrected chi connectivity index (χ4v) is 5.50. The van der Waals surface area contributed by atoms with Crippen molar-refractivity contribution in [2.75, 3.05) is 18.1 Å². The summed E-state index contributed by atoms with van der Waals surface area (Å²) < 4.78 is 7.32. The molecule has 0 aliphatic carbocycles. The van der Waals surface area contributed by atoms with Crippen molar-refractivity contribution in [3.05, 3.63) is 102 Å². The molecule has 0 aliphatic rings. The zero-order valence-electron chi connectivity index (χ0n) is 21.0. The van der Waals surface area contributed by atoms with Gasteiger partial charge in [-0.3, -0.25) is 4.90 Å². The summed E-state index contributed by atoms with van der Waals surface area (Å²) in [5.41, 5.74) is 6.39. The van der Waals surface area contributed by atoms with Crippen LogP contribution in [0.25, 0.3) is 11.1 Å². The molecule has 0 heterocycles. The van der Waals surface area contributed by atoms with E-state index in [1.54, 1.807) is 0 Å². The van der Waals surface area contributed by atoms with Crippen LogP contribution < -0.4 is 4.74 Å².